The smallest absolute Gasteiger partial charge is 0.146 e. The van der Waals surface area contributed by atoms with Crippen LogP contribution in [-0.4, -0.2) is 34.0 Å². The van der Waals surface area contributed by atoms with Gasteiger partial charge in [0, 0.05) is 19.1 Å². The van der Waals surface area contributed by atoms with Crippen molar-refractivity contribution in [2.75, 3.05) is 18.4 Å². The fourth-order valence-corrected chi connectivity index (χ4v) is 3.16. The van der Waals surface area contributed by atoms with E-state index < -0.39 is 0 Å². The summed E-state index contributed by atoms with van der Waals surface area (Å²) < 4.78 is 0. The SMILES string of the molecule is CCNc1nc(CN(CC(C)C)C(C)C)nc2sccc12. The van der Waals surface area contributed by atoms with Gasteiger partial charge in [-0.1, -0.05) is 13.8 Å². The Kier molecular flexibility index (Phi) is 5.53. The Morgan fingerprint density at radius 3 is 2.62 bits per heavy atom. The van der Waals surface area contributed by atoms with Crippen molar-refractivity contribution in [3.63, 3.8) is 0 Å². The minimum atomic E-state index is 0.498. The topological polar surface area (TPSA) is 41.1 Å². The molecule has 0 aromatic carbocycles. The van der Waals surface area contributed by atoms with E-state index in [0.29, 0.717) is 12.0 Å². The number of rotatable bonds is 7. The molecule has 0 atom stereocenters. The molecular weight excluding hydrogens is 280 g/mol. The van der Waals surface area contributed by atoms with Gasteiger partial charge in [0.25, 0.3) is 0 Å². The first-order valence-corrected chi connectivity index (χ1v) is 8.61. The molecule has 0 radical (unpaired) electrons. The van der Waals surface area contributed by atoms with Crippen molar-refractivity contribution in [1.82, 2.24) is 14.9 Å². The molecule has 0 unspecified atom stereocenters. The van der Waals surface area contributed by atoms with Crippen molar-refractivity contribution < 1.29 is 0 Å². The summed E-state index contributed by atoms with van der Waals surface area (Å²) in [7, 11) is 0. The summed E-state index contributed by atoms with van der Waals surface area (Å²) in [5.74, 6) is 2.52. The van der Waals surface area contributed by atoms with Crippen LogP contribution >= 0.6 is 11.3 Å². The standard InChI is InChI=1S/C16H26N4S/c1-6-17-15-13-7-8-21-16(13)19-14(18-15)10-20(12(4)5)9-11(2)3/h7-8,11-12H,6,9-10H2,1-5H3,(H,17,18,19). The molecular formula is C16H26N4S. The van der Waals surface area contributed by atoms with Gasteiger partial charge in [-0.3, -0.25) is 4.90 Å². The average Bonchev–Trinajstić information content (AvgIpc) is 2.86. The Labute approximate surface area is 131 Å². The van der Waals surface area contributed by atoms with Crippen molar-refractivity contribution in [1.29, 1.82) is 0 Å². The molecule has 2 aromatic rings. The molecule has 0 amide bonds. The predicted molar refractivity (Wildman–Crippen MR) is 92.0 cm³/mol. The monoisotopic (exact) mass is 306 g/mol. The fourth-order valence-electron chi connectivity index (χ4n) is 2.38. The second-order valence-corrected chi connectivity index (χ2v) is 6.97. The lowest BCUT2D eigenvalue weighted by molar-refractivity contribution is 0.185. The van der Waals surface area contributed by atoms with Gasteiger partial charge in [0.2, 0.25) is 0 Å². The number of hydrogen-bond donors (Lipinski definition) is 1. The summed E-state index contributed by atoms with van der Waals surface area (Å²) in [5.41, 5.74) is 0. The van der Waals surface area contributed by atoms with Crippen molar-refractivity contribution in [3.8, 4) is 0 Å². The van der Waals surface area contributed by atoms with Crippen LogP contribution in [-0.2, 0) is 6.54 Å². The lowest BCUT2D eigenvalue weighted by Gasteiger charge is -2.27. The maximum absolute atomic E-state index is 4.74. The number of anilines is 1. The highest BCUT2D eigenvalue weighted by molar-refractivity contribution is 7.16. The second-order valence-electron chi connectivity index (χ2n) is 6.08. The molecule has 2 heterocycles. The van der Waals surface area contributed by atoms with Gasteiger partial charge in [-0.15, -0.1) is 11.3 Å². The maximum Gasteiger partial charge on any atom is 0.146 e. The Morgan fingerprint density at radius 2 is 2.00 bits per heavy atom. The third-order valence-corrected chi connectivity index (χ3v) is 4.20. The number of hydrogen-bond acceptors (Lipinski definition) is 5. The van der Waals surface area contributed by atoms with Crippen LogP contribution in [0.4, 0.5) is 5.82 Å². The van der Waals surface area contributed by atoms with Gasteiger partial charge in [0.15, 0.2) is 0 Å². The van der Waals surface area contributed by atoms with E-state index in [2.05, 4.69) is 56.3 Å². The molecule has 0 aliphatic carbocycles. The van der Waals surface area contributed by atoms with Gasteiger partial charge >= 0.3 is 0 Å². The van der Waals surface area contributed by atoms with E-state index in [1.54, 1.807) is 11.3 Å². The molecule has 5 heteroatoms. The van der Waals surface area contributed by atoms with Gasteiger partial charge in [-0.05, 0) is 38.1 Å². The highest BCUT2D eigenvalue weighted by atomic mass is 32.1. The van der Waals surface area contributed by atoms with Gasteiger partial charge in [0.1, 0.15) is 16.5 Å². The molecule has 2 rings (SSSR count). The molecule has 4 nitrogen and oxygen atoms in total. The third-order valence-electron chi connectivity index (χ3n) is 3.39. The van der Waals surface area contributed by atoms with Crippen LogP contribution in [0.15, 0.2) is 11.4 Å². The summed E-state index contributed by atoms with van der Waals surface area (Å²) in [6.07, 6.45) is 0. The van der Waals surface area contributed by atoms with Crippen molar-refractivity contribution in [2.24, 2.45) is 5.92 Å². The minimum Gasteiger partial charge on any atom is -0.370 e. The van der Waals surface area contributed by atoms with E-state index in [1.165, 1.54) is 0 Å². The number of fused-ring (bicyclic) bond motifs is 1. The number of nitrogens with zero attached hydrogens (tertiary/aromatic N) is 3. The fraction of sp³-hybridized carbons (Fsp3) is 0.625. The van der Waals surface area contributed by atoms with Gasteiger partial charge < -0.3 is 5.32 Å². The first kappa shape index (κ1) is 16.2. The van der Waals surface area contributed by atoms with Crippen molar-refractivity contribution >= 4 is 27.4 Å². The lowest BCUT2D eigenvalue weighted by atomic mass is 10.2. The normalized spacial score (nSPS) is 12.0. The van der Waals surface area contributed by atoms with E-state index in [-0.39, 0.29) is 0 Å². The molecule has 0 fully saturated rings. The highest BCUT2D eigenvalue weighted by Crippen LogP contribution is 2.25. The predicted octanol–water partition coefficient (Wildman–Crippen LogP) is 3.99. The Balaban J connectivity index is 2.27. The van der Waals surface area contributed by atoms with E-state index >= 15 is 0 Å². The maximum atomic E-state index is 4.74. The Hall–Kier alpha value is -1.20. The molecule has 0 spiro atoms. The van der Waals surface area contributed by atoms with Crippen LogP contribution in [0.1, 0.15) is 40.4 Å². The number of nitrogens with one attached hydrogen (secondary N) is 1. The Bertz CT molecular complexity index is 577. The van der Waals surface area contributed by atoms with Crippen molar-refractivity contribution in [3.05, 3.63) is 17.3 Å². The van der Waals surface area contributed by atoms with Gasteiger partial charge in [-0.25, -0.2) is 9.97 Å². The molecule has 0 saturated heterocycles. The zero-order valence-corrected chi connectivity index (χ0v) is 14.5. The zero-order chi connectivity index (χ0) is 15.4. The molecule has 116 valence electrons. The van der Waals surface area contributed by atoms with Crippen LogP contribution < -0.4 is 5.32 Å². The van der Waals surface area contributed by atoms with Crippen LogP contribution in [0, 0.1) is 5.92 Å². The lowest BCUT2D eigenvalue weighted by Crippen LogP contribution is -2.34. The average molecular weight is 306 g/mol. The molecule has 0 aliphatic rings. The minimum absolute atomic E-state index is 0.498. The summed E-state index contributed by atoms with van der Waals surface area (Å²) >= 11 is 1.68. The highest BCUT2D eigenvalue weighted by Gasteiger charge is 2.15. The molecule has 0 aliphatic heterocycles. The van der Waals surface area contributed by atoms with Crippen molar-refractivity contribution in [2.45, 2.75) is 47.2 Å². The van der Waals surface area contributed by atoms with E-state index in [9.17, 15) is 0 Å². The Morgan fingerprint density at radius 1 is 1.24 bits per heavy atom. The second kappa shape index (κ2) is 7.18. The number of aromatic nitrogens is 2. The van der Waals surface area contributed by atoms with Crippen LogP contribution in [0.25, 0.3) is 10.2 Å². The van der Waals surface area contributed by atoms with Gasteiger partial charge in [-0.2, -0.15) is 0 Å². The number of thiophene rings is 1. The van der Waals surface area contributed by atoms with Crippen LogP contribution in [0.2, 0.25) is 0 Å². The van der Waals surface area contributed by atoms with Crippen LogP contribution in [0.3, 0.4) is 0 Å². The summed E-state index contributed by atoms with van der Waals surface area (Å²) in [4.78, 5) is 13.0. The zero-order valence-electron chi connectivity index (χ0n) is 13.7. The van der Waals surface area contributed by atoms with E-state index in [1.807, 2.05) is 0 Å². The van der Waals surface area contributed by atoms with Gasteiger partial charge in [0.05, 0.1) is 11.9 Å². The van der Waals surface area contributed by atoms with Crippen LogP contribution in [0.5, 0.6) is 0 Å². The summed E-state index contributed by atoms with van der Waals surface area (Å²) in [6.45, 7) is 13.8. The summed E-state index contributed by atoms with van der Waals surface area (Å²) in [6, 6.07) is 2.59. The first-order valence-electron chi connectivity index (χ1n) is 7.73. The largest absolute Gasteiger partial charge is 0.370 e. The quantitative estimate of drug-likeness (QED) is 0.840. The molecule has 2 aromatic heterocycles. The van der Waals surface area contributed by atoms with E-state index in [0.717, 1.165) is 41.5 Å². The molecule has 21 heavy (non-hydrogen) atoms. The molecule has 0 bridgehead atoms. The third kappa shape index (κ3) is 4.14. The first-order chi connectivity index (χ1) is 10.0. The molecule has 1 N–H and O–H groups in total. The van der Waals surface area contributed by atoms with E-state index in [4.69, 9.17) is 9.97 Å². The summed E-state index contributed by atoms with van der Waals surface area (Å²) in [5, 5.41) is 6.57. The molecule has 0 saturated carbocycles.